The van der Waals surface area contributed by atoms with Gasteiger partial charge in [0.05, 0.1) is 33.9 Å². The number of aromatic nitrogens is 2. The van der Waals surface area contributed by atoms with Crippen LogP contribution in [0, 0.1) is 0 Å². The molecule has 0 N–H and O–H groups in total. The third-order valence-electron chi connectivity index (χ3n) is 5.03. The highest BCUT2D eigenvalue weighted by Crippen LogP contribution is 2.39. The van der Waals surface area contributed by atoms with Gasteiger partial charge in [0, 0.05) is 12.5 Å². The molecule has 0 bridgehead atoms. The average Bonchev–Trinajstić information content (AvgIpc) is 3.20. The zero-order chi connectivity index (χ0) is 22.8. The number of rotatable bonds is 4. The van der Waals surface area contributed by atoms with Crippen molar-refractivity contribution in [1.29, 1.82) is 0 Å². The van der Waals surface area contributed by atoms with Gasteiger partial charge in [-0.2, -0.15) is 12.5 Å². The van der Waals surface area contributed by atoms with Crippen molar-refractivity contribution in [3.05, 3.63) is 53.1 Å². The lowest BCUT2D eigenvalue weighted by molar-refractivity contribution is -0.0349. The molecule has 1 aliphatic rings. The second kappa shape index (κ2) is 7.06. The first-order valence-electron chi connectivity index (χ1n) is 9.00. The van der Waals surface area contributed by atoms with Gasteiger partial charge in [0.25, 0.3) is 21.9 Å². The molecular weight excluding hydrogens is 465 g/mol. The Morgan fingerprint density at radius 2 is 1.81 bits per heavy atom. The minimum absolute atomic E-state index is 0.0157. The van der Waals surface area contributed by atoms with Crippen LogP contribution in [0.15, 0.2) is 47.4 Å². The monoisotopic (exact) mass is 479 g/mol. The predicted molar refractivity (Wildman–Crippen MR) is 105 cm³/mol. The van der Waals surface area contributed by atoms with Crippen molar-refractivity contribution in [1.82, 2.24) is 9.19 Å². The molecule has 5 nitrogen and oxygen atoms in total. The van der Waals surface area contributed by atoms with Gasteiger partial charge in [-0.05, 0) is 24.3 Å². The molecule has 1 aliphatic heterocycles. The molecule has 31 heavy (non-hydrogen) atoms. The summed E-state index contributed by atoms with van der Waals surface area (Å²) in [6.07, 6.45) is -2.45. The SMILES string of the molecule is CC(F)(F)c1ccc(S(=O)(=O)n2nc(N3CC(F)C(F)(F)C3)c3c(Cl)cccc32)cc1. The van der Waals surface area contributed by atoms with Crippen LogP contribution in [0.4, 0.5) is 27.8 Å². The number of fused-ring (bicyclic) bond motifs is 1. The summed E-state index contributed by atoms with van der Waals surface area (Å²) in [7, 11) is -4.40. The fraction of sp³-hybridized carbons (Fsp3) is 0.316. The van der Waals surface area contributed by atoms with Crippen molar-refractivity contribution >= 4 is 38.3 Å². The Morgan fingerprint density at radius 3 is 2.35 bits per heavy atom. The lowest BCUT2D eigenvalue weighted by Gasteiger charge is -2.15. The number of halogens is 6. The van der Waals surface area contributed by atoms with Crippen LogP contribution in [0.25, 0.3) is 10.9 Å². The molecule has 1 unspecified atom stereocenters. The van der Waals surface area contributed by atoms with Crippen molar-refractivity contribution < 1.29 is 30.4 Å². The highest BCUT2D eigenvalue weighted by molar-refractivity contribution is 7.90. The number of benzene rings is 2. The number of anilines is 1. The summed E-state index contributed by atoms with van der Waals surface area (Å²) in [5, 5.41) is 4.08. The fourth-order valence-corrected chi connectivity index (χ4v) is 4.94. The molecule has 2 aromatic carbocycles. The van der Waals surface area contributed by atoms with Crippen LogP contribution in [-0.4, -0.2) is 42.8 Å². The van der Waals surface area contributed by atoms with Gasteiger partial charge in [-0.1, -0.05) is 29.8 Å². The van der Waals surface area contributed by atoms with E-state index in [0.717, 1.165) is 29.2 Å². The molecule has 0 saturated carbocycles. The predicted octanol–water partition coefficient (Wildman–Crippen LogP) is 4.83. The Hall–Kier alpha value is -2.40. The summed E-state index contributed by atoms with van der Waals surface area (Å²) >= 11 is 6.19. The molecule has 2 heterocycles. The van der Waals surface area contributed by atoms with E-state index in [2.05, 4.69) is 5.10 Å². The van der Waals surface area contributed by atoms with Gasteiger partial charge in [-0.25, -0.2) is 22.0 Å². The van der Waals surface area contributed by atoms with Crippen molar-refractivity contribution in [2.24, 2.45) is 0 Å². The molecule has 3 aromatic rings. The van der Waals surface area contributed by atoms with Gasteiger partial charge in [-0.15, -0.1) is 5.10 Å². The van der Waals surface area contributed by atoms with E-state index in [1.54, 1.807) is 0 Å². The minimum atomic E-state index is -4.40. The highest BCUT2D eigenvalue weighted by Gasteiger charge is 2.50. The van der Waals surface area contributed by atoms with Crippen molar-refractivity contribution in [3.63, 3.8) is 0 Å². The van der Waals surface area contributed by atoms with E-state index in [1.165, 1.54) is 18.2 Å². The zero-order valence-corrected chi connectivity index (χ0v) is 17.4. The molecule has 0 radical (unpaired) electrons. The van der Waals surface area contributed by atoms with Gasteiger partial charge < -0.3 is 4.90 Å². The lowest BCUT2D eigenvalue weighted by Crippen LogP contribution is -2.28. The lowest BCUT2D eigenvalue weighted by atomic mass is 10.1. The van der Waals surface area contributed by atoms with Crippen LogP contribution in [0.5, 0.6) is 0 Å². The van der Waals surface area contributed by atoms with Gasteiger partial charge in [0.15, 0.2) is 12.0 Å². The molecule has 1 fully saturated rings. The second-order valence-electron chi connectivity index (χ2n) is 7.33. The number of hydrogen-bond donors (Lipinski definition) is 0. The van der Waals surface area contributed by atoms with E-state index < -0.39 is 41.1 Å². The number of nitrogens with zero attached hydrogens (tertiary/aromatic N) is 3. The molecule has 12 heteroatoms. The van der Waals surface area contributed by atoms with Crippen LogP contribution >= 0.6 is 11.6 Å². The summed E-state index contributed by atoms with van der Waals surface area (Å²) in [6.45, 7) is -1.01. The standard InChI is InChI=1S/C19H15ClF5N3O2S/c1-18(22,23)11-5-7-12(8-6-11)31(29,30)28-14-4-2-3-13(20)16(14)17(26-28)27-9-15(21)19(24,25)10-27/h2-8,15H,9-10H2,1H3. The van der Waals surface area contributed by atoms with Crippen molar-refractivity contribution in [2.45, 2.75) is 29.8 Å². The quantitative estimate of drug-likeness (QED) is 0.503. The molecule has 0 aliphatic carbocycles. The Kier molecular flexibility index (Phi) is 4.97. The van der Waals surface area contributed by atoms with Gasteiger partial charge in [-0.3, -0.25) is 0 Å². The summed E-state index contributed by atoms with van der Waals surface area (Å²) in [5.41, 5.74) is -0.396. The number of hydrogen-bond acceptors (Lipinski definition) is 4. The molecule has 4 rings (SSSR count). The first-order valence-corrected chi connectivity index (χ1v) is 10.8. The Labute approximate surface area is 179 Å². The van der Waals surface area contributed by atoms with E-state index in [0.29, 0.717) is 11.0 Å². The van der Waals surface area contributed by atoms with Crippen molar-refractivity contribution in [3.8, 4) is 0 Å². The van der Waals surface area contributed by atoms with Crippen LogP contribution in [0.3, 0.4) is 0 Å². The van der Waals surface area contributed by atoms with E-state index in [9.17, 15) is 30.4 Å². The maximum absolute atomic E-state index is 13.8. The van der Waals surface area contributed by atoms with Gasteiger partial charge in [0.1, 0.15) is 0 Å². The molecule has 0 amide bonds. The molecular formula is C19H15ClF5N3O2S. The first kappa shape index (κ1) is 21.8. The molecule has 1 saturated heterocycles. The summed E-state index contributed by atoms with van der Waals surface area (Å²) < 4.78 is 95.1. The highest BCUT2D eigenvalue weighted by atomic mass is 35.5. The van der Waals surface area contributed by atoms with Crippen LogP contribution < -0.4 is 4.90 Å². The smallest absolute Gasteiger partial charge is 0.297 e. The summed E-state index contributed by atoms with van der Waals surface area (Å²) in [5.74, 6) is -7.00. The van der Waals surface area contributed by atoms with Crippen LogP contribution in [0.1, 0.15) is 12.5 Å². The fourth-order valence-electron chi connectivity index (χ4n) is 3.41. The first-order chi connectivity index (χ1) is 14.3. The molecule has 1 atom stereocenters. The molecule has 1 aromatic heterocycles. The topological polar surface area (TPSA) is 55.2 Å². The normalized spacial score (nSPS) is 19.3. The average molecular weight is 480 g/mol. The van der Waals surface area contributed by atoms with Crippen molar-refractivity contribution in [2.75, 3.05) is 18.0 Å². The van der Waals surface area contributed by atoms with Crippen LogP contribution in [0.2, 0.25) is 5.02 Å². The van der Waals surface area contributed by atoms with E-state index in [4.69, 9.17) is 11.6 Å². The maximum Gasteiger partial charge on any atom is 0.297 e. The van der Waals surface area contributed by atoms with Gasteiger partial charge >= 0.3 is 0 Å². The molecule has 166 valence electrons. The summed E-state index contributed by atoms with van der Waals surface area (Å²) in [4.78, 5) is 0.595. The van der Waals surface area contributed by atoms with Gasteiger partial charge in [0.2, 0.25) is 0 Å². The third kappa shape index (κ3) is 3.63. The second-order valence-corrected chi connectivity index (χ2v) is 9.50. The van der Waals surface area contributed by atoms with E-state index >= 15 is 0 Å². The van der Waals surface area contributed by atoms with E-state index in [1.807, 2.05) is 0 Å². The minimum Gasteiger partial charge on any atom is -0.345 e. The zero-order valence-electron chi connectivity index (χ0n) is 15.9. The Morgan fingerprint density at radius 1 is 1.16 bits per heavy atom. The Balaban J connectivity index is 1.86. The van der Waals surface area contributed by atoms with Crippen LogP contribution in [-0.2, 0) is 15.9 Å². The Bertz CT molecular complexity index is 1260. The third-order valence-corrected chi connectivity index (χ3v) is 6.95. The molecule has 0 spiro atoms. The largest absolute Gasteiger partial charge is 0.345 e. The van der Waals surface area contributed by atoms with E-state index in [-0.39, 0.29) is 32.2 Å². The number of alkyl halides is 5. The maximum atomic E-state index is 13.8. The summed E-state index contributed by atoms with van der Waals surface area (Å²) in [6, 6.07) is 8.18.